The van der Waals surface area contributed by atoms with E-state index in [0.717, 1.165) is 16.7 Å². The first kappa shape index (κ1) is 22.2. The van der Waals surface area contributed by atoms with Gasteiger partial charge in [-0.25, -0.2) is 0 Å². The third-order valence-corrected chi connectivity index (χ3v) is 6.34. The summed E-state index contributed by atoms with van der Waals surface area (Å²) in [6.07, 6.45) is 0.385. The lowest BCUT2D eigenvalue weighted by molar-refractivity contribution is -0.157. The third-order valence-electron chi connectivity index (χ3n) is 5.65. The van der Waals surface area contributed by atoms with Crippen LogP contribution in [0.5, 0.6) is 0 Å². The average molecular weight is 449 g/mol. The van der Waals surface area contributed by atoms with Crippen molar-refractivity contribution in [2.75, 3.05) is 19.7 Å². The molecule has 1 saturated heterocycles. The highest BCUT2D eigenvalue weighted by atomic mass is 32.1. The van der Waals surface area contributed by atoms with E-state index in [4.69, 9.17) is 4.74 Å². The summed E-state index contributed by atoms with van der Waals surface area (Å²) in [6.45, 7) is 4.83. The second kappa shape index (κ2) is 9.67. The number of nitrogens with one attached hydrogen (secondary N) is 1. The summed E-state index contributed by atoms with van der Waals surface area (Å²) in [7, 11) is 0. The van der Waals surface area contributed by atoms with Crippen molar-refractivity contribution < 1.29 is 14.3 Å². The van der Waals surface area contributed by atoms with Crippen molar-refractivity contribution in [2.45, 2.75) is 31.9 Å². The van der Waals surface area contributed by atoms with E-state index in [1.54, 1.807) is 28.4 Å². The molecule has 6 heteroatoms. The second-order valence-electron chi connectivity index (χ2n) is 8.41. The number of carbonyl (C=O) groups excluding carboxylic acids is 2. The Morgan fingerprint density at radius 2 is 1.84 bits per heavy atom. The van der Waals surface area contributed by atoms with Crippen LogP contribution in [0.15, 0.2) is 71.4 Å². The lowest BCUT2D eigenvalue weighted by Crippen LogP contribution is -2.62. The number of rotatable bonds is 6. The molecule has 5 nitrogen and oxygen atoms in total. The monoisotopic (exact) mass is 448 g/mol. The van der Waals surface area contributed by atoms with Gasteiger partial charge >= 0.3 is 0 Å². The minimum Gasteiger partial charge on any atom is -0.361 e. The molecule has 0 spiro atoms. The number of benzene rings is 2. The molecule has 1 aliphatic rings. The molecule has 0 unspecified atom stereocenters. The molecule has 1 atom stereocenters. The van der Waals surface area contributed by atoms with Crippen molar-refractivity contribution in [3.63, 3.8) is 0 Å². The molecule has 32 heavy (non-hydrogen) atoms. The Hall–Kier alpha value is -2.96. The van der Waals surface area contributed by atoms with E-state index in [-0.39, 0.29) is 24.4 Å². The molecule has 1 fully saturated rings. The van der Waals surface area contributed by atoms with Crippen LogP contribution in [0.3, 0.4) is 0 Å². The van der Waals surface area contributed by atoms with Crippen LogP contribution in [0.25, 0.3) is 11.1 Å². The Kier molecular flexibility index (Phi) is 6.72. The number of nitrogens with zero attached hydrogens (tertiary/aromatic N) is 1. The van der Waals surface area contributed by atoms with E-state index in [9.17, 15) is 9.59 Å². The molecule has 0 bridgehead atoms. The Balaban J connectivity index is 1.68. The molecule has 1 aliphatic heterocycles. The number of hydrogen-bond donors (Lipinski definition) is 1. The van der Waals surface area contributed by atoms with Crippen LogP contribution in [0.2, 0.25) is 0 Å². The number of hydrogen-bond acceptors (Lipinski definition) is 4. The van der Waals surface area contributed by atoms with Crippen molar-refractivity contribution in [1.29, 1.82) is 0 Å². The van der Waals surface area contributed by atoms with Gasteiger partial charge in [0, 0.05) is 24.6 Å². The number of amides is 2. The Labute approximate surface area is 193 Å². The van der Waals surface area contributed by atoms with E-state index in [0.29, 0.717) is 25.1 Å². The normalized spacial score (nSPS) is 18.5. The van der Waals surface area contributed by atoms with E-state index < -0.39 is 5.60 Å². The molecule has 2 amide bonds. The summed E-state index contributed by atoms with van der Waals surface area (Å²) in [6, 6.07) is 19.3. The SMILES string of the molecule is CC(C)NC(=O)[C@@]1(Cc2ccccc2-c2ccsc2)CN(C(=O)c2ccccc2)CCO1. The van der Waals surface area contributed by atoms with Gasteiger partial charge in [-0.3, -0.25) is 9.59 Å². The first-order valence-electron chi connectivity index (χ1n) is 10.9. The summed E-state index contributed by atoms with van der Waals surface area (Å²) in [4.78, 5) is 28.4. The Morgan fingerprint density at radius 1 is 1.09 bits per heavy atom. The second-order valence-corrected chi connectivity index (χ2v) is 9.19. The largest absolute Gasteiger partial charge is 0.361 e. The first-order chi connectivity index (χ1) is 15.5. The van der Waals surface area contributed by atoms with Gasteiger partial charge in [0.2, 0.25) is 0 Å². The maximum Gasteiger partial charge on any atom is 0.254 e. The smallest absolute Gasteiger partial charge is 0.254 e. The lowest BCUT2D eigenvalue weighted by Gasteiger charge is -2.42. The van der Waals surface area contributed by atoms with Crippen molar-refractivity contribution in [3.05, 3.63) is 82.6 Å². The molecule has 0 saturated carbocycles. The summed E-state index contributed by atoms with van der Waals surface area (Å²) < 4.78 is 6.22. The highest BCUT2D eigenvalue weighted by Gasteiger charge is 2.45. The zero-order chi connectivity index (χ0) is 22.6. The van der Waals surface area contributed by atoms with Crippen LogP contribution < -0.4 is 5.32 Å². The molecule has 1 N–H and O–H groups in total. The van der Waals surface area contributed by atoms with Gasteiger partial charge in [0.25, 0.3) is 11.8 Å². The molecular weight excluding hydrogens is 420 g/mol. The Bertz CT molecular complexity index is 1070. The molecule has 2 aromatic carbocycles. The van der Waals surface area contributed by atoms with Gasteiger partial charge in [-0.2, -0.15) is 11.3 Å². The van der Waals surface area contributed by atoms with Gasteiger partial charge in [0.05, 0.1) is 13.2 Å². The fourth-order valence-electron chi connectivity index (χ4n) is 4.12. The maximum atomic E-state index is 13.5. The van der Waals surface area contributed by atoms with Crippen molar-refractivity contribution >= 4 is 23.2 Å². The Morgan fingerprint density at radius 3 is 2.56 bits per heavy atom. The predicted molar refractivity (Wildman–Crippen MR) is 128 cm³/mol. The molecule has 1 aromatic heterocycles. The van der Waals surface area contributed by atoms with Gasteiger partial charge in [-0.15, -0.1) is 0 Å². The molecule has 0 radical (unpaired) electrons. The lowest BCUT2D eigenvalue weighted by atomic mass is 9.87. The van der Waals surface area contributed by atoms with Crippen LogP contribution in [0.1, 0.15) is 29.8 Å². The van der Waals surface area contributed by atoms with E-state index in [2.05, 4.69) is 22.8 Å². The highest BCUT2D eigenvalue weighted by molar-refractivity contribution is 7.08. The minimum atomic E-state index is -1.15. The van der Waals surface area contributed by atoms with Crippen molar-refractivity contribution in [3.8, 4) is 11.1 Å². The zero-order valence-corrected chi connectivity index (χ0v) is 19.2. The topological polar surface area (TPSA) is 58.6 Å². The third kappa shape index (κ3) is 4.76. The summed E-state index contributed by atoms with van der Waals surface area (Å²) in [5, 5.41) is 7.18. The van der Waals surface area contributed by atoms with Gasteiger partial charge in [-0.05, 0) is 59.5 Å². The van der Waals surface area contributed by atoms with Gasteiger partial charge < -0.3 is 15.0 Å². The molecule has 2 heterocycles. The summed E-state index contributed by atoms with van der Waals surface area (Å²) in [5.41, 5.74) is 2.70. The molecular formula is C26H28N2O3S. The fraction of sp³-hybridized carbons (Fsp3) is 0.308. The summed E-state index contributed by atoms with van der Waals surface area (Å²) in [5.74, 6) is -0.264. The van der Waals surface area contributed by atoms with E-state index in [1.807, 2.05) is 55.6 Å². The van der Waals surface area contributed by atoms with Gasteiger partial charge in [-0.1, -0.05) is 42.5 Å². The van der Waals surface area contributed by atoms with Gasteiger partial charge in [0.1, 0.15) is 0 Å². The fourth-order valence-corrected chi connectivity index (χ4v) is 4.78. The quantitative estimate of drug-likeness (QED) is 0.608. The summed E-state index contributed by atoms with van der Waals surface area (Å²) >= 11 is 1.64. The molecule has 4 rings (SSSR count). The standard InChI is InChI=1S/C26H28N2O3S/c1-19(2)27-25(30)26(16-21-10-6-7-11-23(21)22-12-15-32-17-22)18-28(13-14-31-26)24(29)20-8-4-3-5-9-20/h3-12,15,17,19H,13-14,16,18H2,1-2H3,(H,27,30)/t26-/m1/s1. The van der Waals surface area contributed by atoms with Gasteiger partial charge in [0.15, 0.2) is 5.60 Å². The maximum absolute atomic E-state index is 13.5. The number of thiophene rings is 1. The minimum absolute atomic E-state index is 0.0321. The van der Waals surface area contributed by atoms with Crippen LogP contribution in [0, 0.1) is 0 Å². The van der Waals surface area contributed by atoms with Crippen molar-refractivity contribution in [2.24, 2.45) is 0 Å². The van der Waals surface area contributed by atoms with Crippen LogP contribution in [0.4, 0.5) is 0 Å². The number of carbonyl (C=O) groups is 2. The number of ether oxygens (including phenoxy) is 1. The van der Waals surface area contributed by atoms with E-state index >= 15 is 0 Å². The highest BCUT2D eigenvalue weighted by Crippen LogP contribution is 2.32. The van der Waals surface area contributed by atoms with Crippen LogP contribution >= 0.6 is 11.3 Å². The predicted octanol–water partition coefficient (Wildman–Crippen LogP) is 4.39. The van der Waals surface area contributed by atoms with Crippen LogP contribution in [-0.4, -0.2) is 48.1 Å². The van der Waals surface area contributed by atoms with E-state index in [1.165, 1.54) is 0 Å². The van der Waals surface area contributed by atoms with Crippen molar-refractivity contribution in [1.82, 2.24) is 10.2 Å². The zero-order valence-electron chi connectivity index (χ0n) is 18.4. The molecule has 0 aliphatic carbocycles. The molecule has 3 aromatic rings. The first-order valence-corrected chi connectivity index (χ1v) is 11.8. The van der Waals surface area contributed by atoms with Crippen LogP contribution in [-0.2, 0) is 16.0 Å². The average Bonchev–Trinajstić information content (AvgIpc) is 3.34. The molecule has 166 valence electrons. The number of morpholine rings is 1.